The summed E-state index contributed by atoms with van der Waals surface area (Å²) in [5.74, 6) is 1.66. The lowest BCUT2D eigenvalue weighted by atomic mass is 10.1. The molecule has 5 nitrogen and oxygen atoms in total. The van der Waals surface area contributed by atoms with Crippen LogP contribution >= 0.6 is 11.6 Å². The van der Waals surface area contributed by atoms with Crippen molar-refractivity contribution in [2.45, 2.75) is 12.8 Å². The molecule has 0 fully saturated rings. The van der Waals surface area contributed by atoms with Gasteiger partial charge in [0.15, 0.2) is 11.5 Å². The zero-order valence-electron chi connectivity index (χ0n) is 11.0. The monoisotopic (exact) mass is 288 g/mol. The number of benzene rings is 1. The van der Waals surface area contributed by atoms with Crippen molar-refractivity contribution in [1.29, 1.82) is 0 Å². The fraction of sp³-hybridized carbons (Fsp3) is 0.214. The lowest BCUT2D eigenvalue weighted by molar-refractivity contribution is 0.414. The summed E-state index contributed by atoms with van der Waals surface area (Å²) in [4.78, 5) is 0. The third-order valence-corrected chi connectivity index (χ3v) is 3.29. The van der Waals surface area contributed by atoms with Crippen LogP contribution in [0.1, 0.15) is 11.4 Å². The highest BCUT2D eigenvalue weighted by Gasteiger charge is 2.07. The quantitative estimate of drug-likeness (QED) is 0.740. The molecule has 0 saturated heterocycles. The zero-order valence-corrected chi connectivity index (χ0v) is 11.7. The minimum atomic E-state index is 0.433. The van der Waals surface area contributed by atoms with E-state index in [0.717, 1.165) is 24.4 Å². The fourth-order valence-corrected chi connectivity index (χ4v) is 2.15. The second-order valence-electron chi connectivity index (χ2n) is 4.39. The van der Waals surface area contributed by atoms with Gasteiger partial charge in [0.2, 0.25) is 0 Å². The van der Waals surface area contributed by atoms with Gasteiger partial charge in [-0.15, -0.1) is 10.2 Å². The van der Waals surface area contributed by atoms with Crippen LogP contribution in [0.3, 0.4) is 0 Å². The summed E-state index contributed by atoms with van der Waals surface area (Å²) >= 11 is 5.90. The van der Waals surface area contributed by atoms with E-state index in [4.69, 9.17) is 16.3 Å². The summed E-state index contributed by atoms with van der Waals surface area (Å²) in [5, 5.41) is 12.9. The highest BCUT2D eigenvalue weighted by atomic mass is 35.5. The third kappa shape index (κ3) is 2.58. The molecule has 0 spiro atoms. The van der Waals surface area contributed by atoms with Crippen LogP contribution in [0.2, 0.25) is 5.15 Å². The number of hydrogen-bond donors (Lipinski definition) is 0. The lowest BCUT2D eigenvalue weighted by Crippen LogP contribution is -2.01. The molecule has 20 heavy (non-hydrogen) atoms. The van der Waals surface area contributed by atoms with Crippen molar-refractivity contribution in [3.8, 4) is 5.75 Å². The summed E-state index contributed by atoms with van der Waals surface area (Å²) < 4.78 is 6.83. The van der Waals surface area contributed by atoms with E-state index >= 15 is 0 Å². The summed E-state index contributed by atoms with van der Waals surface area (Å²) in [6, 6.07) is 11.5. The molecule has 6 heteroatoms. The maximum absolute atomic E-state index is 5.90. The summed E-state index contributed by atoms with van der Waals surface area (Å²) in [6.07, 6.45) is 1.61. The number of methoxy groups -OCH3 is 1. The van der Waals surface area contributed by atoms with Gasteiger partial charge in [0, 0.05) is 6.42 Å². The highest BCUT2D eigenvalue weighted by Crippen LogP contribution is 2.14. The van der Waals surface area contributed by atoms with Crippen LogP contribution in [0.25, 0.3) is 5.65 Å². The summed E-state index contributed by atoms with van der Waals surface area (Å²) in [7, 11) is 1.66. The second kappa shape index (κ2) is 5.46. The van der Waals surface area contributed by atoms with Gasteiger partial charge in [0.1, 0.15) is 10.9 Å². The number of hydrogen-bond acceptors (Lipinski definition) is 4. The van der Waals surface area contributed by atoms with Crippen molar-refractivity contribution in [2.75, 3.05) is 7.11 Å². The fourth-order valence-electron chi connectivity index (χ4n) is 2.02. The minimum absolute atomic E-state index is 0.433. The maximum Gasteiger partial charge on any atom is 0.178 e. The van der Waals surface area contributed by atoms with Crippen molar-refractivity contribution >= 4 is 17.2 Å². The average molecular weight is 289 g/mol. The van der Waals surface area contributed by atoms with Crippen LogP contribution in [0.15, 0.2) is 36.4 Å². The molecule has 3 aromatic rings. The molecule has 2 heterocycles. The number of halogens is 1. The number of aryl methyl sites for hydroxylation is 2. The molecule has 0 amide bonds. The molecule has 0 unspecified atom stereocenters. The molecule has 0 aliphatic carbocycles. The molecular weight excluding hydrogens is 276 g/mol. The summed E-state index contributed by atoms with van der Waals surface area (Å²) in [6.45, 7) is 0. The average Bonchev–Trinajstić information content (AvgIpc) is 2.88. The van der Waals surface area contributed by atoms with Crippen LogP contribution in [-0.2, 0) is 12.8 Å². The zero-order chi connectivity index (χ0) is 13.9. The molecule has 0 N–H and O–H groups in total. The van der Waals surface area contributed by atoms with E-state index in [-0.39, 0.29) is 0 Å². The first-order valence-corrected chi connectivity index (χ1v) is 6.64. The van der Waals surface area contributed by atoms with Crippen LogP contribution in [-0.4, -0.2) is 26.9 Å². The van der Waals surface area contributed by atoms with Gasteiger partial charge in [-0.25, -0.2) is 0 Å². The van der Waals surface area contributed by atoms with E-state index in [1.54, 1.807) is 23.8 Å². The van der Waals surface area contributed by atoms with E-state index in [1.807, 2.05) is 24.3 Å². The van der Waals surface area contributed by atoms with Crippen LogP contribution < -0.4 is 4.74 Å². The number of aromatic nitrogens is 4. The molecule has 102 valence electrons. The van der Waals surface area contributed by atoms with Crippen LogP contribution in [0.5, 0.6) is 5.75 Å². The van der Waals surface area contributed by atoms with Gasteiger partial charge in [-0.2, -0.15) is 9.61 Å². The second-order valence-corrected chi connectivity index (χ2v) is 4.78. The van der Waals surface area contributed by atoms with Gasteiger partial charge in [0.25, 0.3) is 0 Å². The summed E-state index contributed by atoms with van der Waals surface area (Å²) in [5.41, 5.74) is 1.92. The van der Waals surface area contributed by atoms with E-state index in [1.165, 1.54) is 5.56 Å². The van der Waals surface area contributed by atoms with E-state index in [0.29, 0.717) is 10.8 Å². The Morgan fingerprint density at radius 1 is 1.05 bits per heavy atom. The maximum atomic E-state index is 5.90. The first-order chi connectivity index (χ1) is 9.76. The van der Waals surface area contributed by atoms with Crippen LogP contribution in [0.4, 0.5) is 0 Å². The van der Waals surface area contributed by atoms with Crippen molar-refractivity contribution < 1.29 is 4.74 Å². The Kier molecular flexibility index (Phi) is 3.52. The highest BCUT2D eigenvalue weighted by molar-refractivity contribution is 6.29. The number of nitrogens with zero attached hydrogens (tertiary/aromatic N) is 4. The first-order valence-electron chi connectivity index (χ1n) is 6.26. The smallest absolute Gasteiger partial charge is 0.178 e. The minimum Gasteiger partial charge on any atom is -0.497 e. The predicted octanol–water partition coefficient (Wildman–Crippen LogP) is 2.57. The topological polar surface area (TPSA) is 52.3 Å². The lowest BCUT2D eigenvalue weighted by Gasteiger charge is -2.03. The van der Waals surface area contributed by atoms with Crippen LogP contribution in [0, 0.1) is 0 Å². The Morgan fingerprint density at radius 3 is 2.60 bits per heavy atom. The number of rotatable bonds is 4. The Labute approximate surface area is 121 Å². The van der Waals surface area contributed by atoms with E-state index < -0.39 is 0 Å². The van der Waals surface area contributed by atoms with Gasteiger partial charge in [-0.1, -0.05) is 23.7 Å². The van der Waals surface area contributed by atoms with Gasteiger partial charge < -0.3 is 4.74 Å². The van der Waals surface area contributed by atoms with Gasteiger partial charge >= 0.3 is 0 Å². The molecule has 2 aromatic heterocycles. The first kappa shape index (κ1) is 12.9. The van der Waals surface area contributed by atoms with E-state index in [9.17, 15) is 0 Å². The molecule has 1 aromatic carbocycles. The standard InChI is InChI=1S/C14H13ClN4O/c1-20-11-5-2-10(3-6-11)4-8-13-16-17-14-9-7-12(15)18-19(13)14/h2-3,5-7,9H,4,8H2,1H3. The molecule has 3 rings (SSSR count). The predicted molar refractivity (Wildman–Crippen MR) is 76.2 cm³/mol. The van der Waals surface area contributed by atoms with Gasteiger partial charge in [-0.3, -0.25) is 0 Å². The Morgan fingerprint density at radius 2 is 1.85 bits per heavy atom. The Hall–Kier alpha value is -2.14. The Balaban J connectivity index is 1.77. The molecule has 0 bridgehead atoms. The van der Waals surface area contributed by atoms with Crippen molar-refractivity contribution in [1.82, 2.24) is 19.8 Å². The SMILES string of the molecule is COc1ccc(CCc2nnc3ccc(Cl)nn23)cc1. The molecule has 0 aliphatic rings. The Bertz CT molecular complexity index is 724. The number of ether oxygens (including phenoxy) is 1. The molecule has 0 atom stereocenters. The molecule has 0 aliphatic heterocycles. The van der Waals surface area contributed by atoms with Gasteiger partial charge in [-0.05, 0) is 36.2 Å². The largest absolute Gasteiger partial charge is 0.497 e. The molecule has 0 radical (unpaired) electrons. The van der Waals surface area contributed by atoms with E-state index in [2.05, 4.69) is 15.3 Å². The molecule has 0 saturated carbocycles. The normalized spacial score (nSPS) is 10.9. The number of fused-ring (bicyclic) bond motifs is 1. The van der Waals surface area contributed by atoms with Crippen molar-refractivity contribution in [3.05, 3.63) is 52.9 Å². The third-order valence-electron chi connectivity index (χ3n) is 3.09. The van der Waals surface area contributed by atoms with Crippen molar-refractivity contribution in [3.63, 3.8) is 0 Å². The van der Waals surface area contributed by atoms with Crippen molar-refractivity contribution in [2.24, 2.45) is 0 Å². The van der Waals surface area contributed by atoms with Gasteiger partial charge in [0.05, 0.1) is 7.11 Å². The molecular formula is C14H13ClN4O.